The highest BCUT2D eigenvalue weighted by atomic mass is 16.5. The summed E-state index contributed by atoms with van der Waals surface area (Å²) in [6.45, 7) is 2.12. The van der Waals surface area contributed by atoms with Gasteiger partial charge in [0.15, 0.2) is 5.82 Å². The lowest BCUT2D eigenvalue weighted by molar-refractivity contribution is 0.179. The molecule has 1 saturated heterocycles. The van der Waals surface area contributed by atoms with Crippen LogP contribution in [0.5, 0.6) is 11.8 Å². The van der Waals surface area contributed by atoms with E-state index in [1.54, 1.807) is 20.3 Å². The third-order valence-electron chi connectivity index (χ3n) is 4.23. The van der Waals surface area contributed by atoms with Crippen molar-refractivity contribution in [2.75, 3.05) is 27.3 Å². The van der Waals surface area contributed by atoms with Gasteiger partial charge in [0.2, 0.25) is 11.8 Å². The standard InChI is InChI=1S/C18H23N3O2/c1-22-15-13-16(23-2)20-18(19-15)17(14-9-5-3-6-10-14)21-11-7-4-8-12-21/h3,5-6,9-10,13,17H,4,7-8,11-12H2,1-2H3/t17-/m0/s1. The van der Waals surface area contributed by atoms with Gasteiger partial charge in [-0.3, -0.25) is 4.90 Å². The highest BCUT2D eigenvalue weighted by Crippen LogP contribution is 2.31. The molecule has 1 aromatic heterocycles. The molecule has 0 bridgehead atoms. The number of hydrogen-bond donors (Lipinski definition) is 0. The minimum Gasteiger partial charge on any atom is -0.481 e. The number of likely N-dealkylation sites (tertiary alicyclic amines) is 1. The molecule has 1 aliphatic rings. The van der Waals surface area contributed by atoms with Crippen molar-refractivity contribution < 1.29 is 9.47 Å². The Hall–Kier alpha value is -2.14. The van der Waals surface area contributed by atoms with E-state index in [9.17, 15) is 0 Å². The summed E-state index contributed by atoms with van der Waals surface area (Å²) in [6, 6.07) is 12.2. The van der Waals surface area contributed by atoms with Crippen molar-refractivity contribution in [3.05, 3.63) is 47.8 Å². The summed E-state index contributed by atoms with van der Waals surface area (Å²) in [7, 11) is 3.23. The molecule has 0 saturated carbocycles. The van der Waals surface area contributed by atoms with E-state index in [2.05, 4.69) is 39.1 Å². The molecule has 0 aliphatic carbocycles. The highest BCUT2D eigenvalue weighted by molar-refractivity contribution is 5.29. The Morgan fingerprint density at radius 1 is 0.913 bits per heavy atom. The van der Waals surface area contributed by atoms with Crippen LogP contribution in [0.3, 0.4) is 0 Å². The second-order valence-electron chi connectivity index (χ2n) is 5.72. The van der Waals surface area contributed by atoms with E-state index in [4.69, 9.17) is 9.47 Å². The Balaban J connectivity index is 2.04. The van der Waals surface area contributed by atoms with Gasteiger partial charge in [0, 0.05) is 0 Å². The maximum atomic E-state index is 5.32. The van der Waals surface area contributed by atoms with Crippen LogP contribution in [-0.4, -0.2) is 42.2 Å². The zero-order valence-corrected chi connectivity index (χ0v) is 13.7. The van der Waals surface area contributed by atoms with Crippen LogP contribution in [0.15, 0.2) is 36.4 Å². The van der Waals surface area contributed by atoms with Gasteiger partial charge in [-0.25, -0.2) is 0 Å². The first kappa shape index (κ1) is 15.7. The number of rotatable bonds is 5. The average Bonchev–Trinajstić information content (AvgIpc) is 2.63. The molecule has 0 unspecified atom stereocenters. The van der Waals surface area contributed by atoms with Crippen molar-refractivity contribution in [2.45, 2.75) is 25.3 Å². The third-order valence-corrected chi connectivity index (χ3v) is 4.23. The summed E-state index contributed by atoms with van der Waals surface area (Å²) in [4.78, 5) is 11.6. The second-order valence-corrected chi connectivity index (χ2v) is 5.72. The minimum atomic E-state index is 0.0282. The smallest absolute Gasteiger partial charge is 0.220 e. The van der Waals surface area contributed by atoms with Gasteiger partial charge in [-0.1, -0.05) is 36.8 Å². The first-order chi connectivity index (χ1) is 11.3. The Bertz CT molecular complexity index is 605. The monoisotopic (exact) mass is 313 g/mol. The predicted octanol–water partition coefficient (Wildman–Crippen LogP) is 3.07. The maximum absolute atomic E-state index is 5.32. The second kappa shape index (κ2) is 7.42. The molecule has 0 amide bonds. The summed E-state index contributed by atoms with van der Waals surface area (Å²) in [5, 5.41) is 0. The van der Waals surface area contributed by atoms with Crippen LogP contribution in [-0.2, 0) is 0 Å². The number of nitrogens with zero attached hydrogens (tertiary/aromatic N) is 3. The SMILES string of the molecule is COc1cc(OC)nc([C@H](c2ccccc2)N2CCCCC2)n1. The molecule has 0 radical (unpaired) electrons. The molecular formula is C18H23N3O2. The summed E-state index contributed by atoms with van der Waals surface area (Å²) < 4.78 is 10.6. The summed E-state index contributed by atoms with van der Waals surface area (Å²) in [5.74, 6) is 1.80. The van der Waals surface area contributed by atoms with Crippen molar-refractivity contribution in [1.82, 2.24) is 14.9 Å². The van der Waals surface area contributed by atoms with Gasteiger partial charge in [-0.2, -0.15) is 9.97 Å². The number of ether oxygens (including phenoxy) is 2. The van der Waals surface area contributed by atoms with Crippen molar-refractivity contribution in [3.63, 3.8) is 0 Å². The number of benzene rings is 1. The van der Waals surface area contributed by atoms with Crippen LogP contribution in [0, 0.1) is 0 Å². The largest absolute Gasteiger partial charge is 0.481 e. The van der Waals surface area contributed by atoms with Crippen LogP contribution in [0.2, 0.25) is 0 Å². The van der Waals surface area contributed by atoms with Gasteiger partial charge >= 0.3 is 0 Å². The lowest BCUT2D eigenvalue weighted by Gasteiger charge is -2.34. The van der Waals surface area contributed by atoms with Gasteiger partial charge in [-0.05, 0) is 31.5 Å². The van der Waals surface area contributed by atoms with Crippen LogP contribution < -0.4 is 9.47 Å². The highest BCUT2D eigenvalue weighted by Gasteiger charge is 2.27. The molecule has 5 heteroatoms. The van der Waals surface area contributed by atoms with Crippen LogP contribution in [0.25, 0.3) is 0 Å². The van der Waals surface area contributed by atoms with Gasteiger partial charge < -0.3 is 9.47 Å². The zero-order chi connectivity index (χ0) is 16.1. The van der Waals surface area contributed by atoms with E-state index in [-0.39, 0.29) is 6.04 Å². The molecule has 1 aliphatic heterocycles. The number of piperidine rings is 1. The van der Waals surface area contributed by atoms with Gasteiger partial charge in [-0.15, -0.1) is 0 Å². The fraction of sp³-hybridized carbons (Fsp3) is 0.444. The molecule has 122 valence electrons. The Labute approximate surface area is 137 Å². The van der Waals surface area contributed by atoms with Gasteiger partial charge in [0.1, 0.15) is 0 Å². The summed E-state index contributed by atoms with van der Waals surface area (Å²) >= 11 is 0. The van der Waals surface area contributed by atoms with Crippen LogP contribution in [0.4, 0.5) is 0 Å². The molecule has 0 N–H and O–H groups in total. The molecule has 0 spiro atoms. The van der Waals surface area contributed by atoms with Gasteiger partial charge in [0.05, 0.1) is 26.3 Å². The normalized spacial score (nSPS) is 16.8. The topological polar surface area (TPSA) is 47.5 Å². The number of aromatic nitrogens is 2. The fourth-order valence-corrected chi connectivity index (χ4v) is 3.09. The zero-order valence-electron chi connectivity index (χ0n) is 13.7. The first-order valence-corrected chi connectivity index (χ1v) is 8.08. The fourth-order valence-electron chi connectivity index (χ4n) is 3.09. The summed E-state index contributed by atoms with van der Waals surface area (Å²) in [6.07, 6.45) is 3.72. The third kappa shape index (κ3) is 3.62. The molecule has 2 heterocycles. The predicted molar refractivity (Wildman–Crippen MR) is 88.8 cm³/mol. The lowest BCUT2D eigenvalue weighted by atomic mass is 10.0. The summed E-state index contributed by atoms with van der Waals surface area (Å²) in [5.41, 5.74) is 1.20. The van der Waals surface area contributed by atoms with Crippen LogP contribution >= 0.6 is 0 Å². The number of hydrogen-bond acceptors (Lipinski definition) is 5. The molecule has 1 atom stereocenters. The van der Waals surface area contributed by atoms with E-state index < -0.39 is 0 Å². The van der Waals surface area contributed by atoms with Crippen molar-refractivity contribution in [3.8, 4) is 11.8 Å². The first-order valence-electron chi connectivity index (χ1n) is 8.08. The van der Waals surface area contributed by atoms with Crippen molar-refractivity contribution in [1.29, 1.82) is 0 Å². The quantitative estimate of drug-likeness (QED) is 0.849. The van der Waals surface area contributed by atoms with Crippen molar-refractivity contribution >= 4 is 0 Å². The van der Waals surface area contributed by atoms with E-state index in [0.29, 0.717) is 11.8 Å². The maximum Gasteiger partial charge on any atom is 0.220 e. The molecule has 3 rings (SSSR count). The van der Waals surface area contributed by atoms with E-state index >= 15 is 0 Å². The molecule has 5 nitrogen and oxygen atoms in total. The van der Waals surface area contributed by atoms with E-state index in [0.717, 1.165) is 18.9 Å². The van der Waals surface area contributed by atoms with Crippen LogP contribution in [0.1, 0.15) is 36.7 Å². The Morgan fingerprint density at radius 2 is 1.52 bits per heavy atom. The lowest BCUT2D eigenvalue weighted by Crippen LogP contribution is -2.35. The number of methoxy groups -OCH3 is 2. The molecule has 23 heavy (non-hydrogen) atoms. The van der Waals surface area contributed by atoms with Gasteiger partial charge in [0.25, 0.3) is 0 Å². The molecule has 1 aromatic carbocycles. The van der Waals surface area contributed by atoms with E-state index in [1.807, 2.05) is 6.07 Å². The Kier molecular flexibility index (Phi) is 5.08. The molecule has 1 fully saturated rings. The average molecular weight is 313 g/mol. The molecular weight excluding hydrogens is 290 g/mol. The van der Waals surface area contributed by atoms with Crippen molar-refractivity contribution in [2.24, 2.45) is 0 Å². The minimum absolute atomic E-state index is 0.0282. The Morgan fingerprint density at radius 3 is 2.09 bits per heavy atom. The van der Waals surface area contributed by atoms with E-state index in [1.165, 1.54) is 24.8 Å². The molecule has 2 aromatic rings.